The van der Waals surface area contributed by atoms with Crippen molar-refractivity contribution in [1.82, 2.24) is 0 Å². The van der Waals surface area contributed by atoms with Crippen LogP contribution in [0.4, 0.5) is 0 Å². The highest BCUT2D eigenvalue weighted by Crippen LogP contribution is 2.55. The number of hydrogen-bond acceptors (Lipinski definition) is 8. The Bertz CT molecular complexity index is 2390. The number of allylic oxidation sites excluding steroid dienone is 2. The third-order valence-corrected chi connectivity index (χ3v) is 13.6. The van der Waals surface area contributed by atoms with E-state index in [1.807, 2.05) is 152 Å². The van der Waals surface area contributed by atoms with Gasteiger partial charge in [0.1, 0.15) is 34.5 Å². The molecule has 0 spiro atoms. The van der Waals surface area contributed by atoms with Crippen molar-refractivity contribution < 1.29 is 36.3 Å². The van der Waals surface area contributed by atoms with E-state index in [9.17, 15) is 9.13 Å². The molecular formula is C53H58O8P2. The number of aryl methyl sites for hydroxylation is 8. The van der Waals surface area contributed by atoms with Crippen molar-refractivity contribution in [3.63, 3.8) is 0 Å². The second-order valence-electron chi connectivity index (χ2n) is 16.6. The molecule has 6 aromatic carbocycles. The first kappa shape index (κ1) is 46.6. The van der Waals surface area contributed by atoms with Gasteiger partial charge in [-0.25, -0.2) is 0 Å². The van der Waals surface area contributed by atoms with Gasteiger partial charge >= 0.3 is 15.6 Å². The molecule has 0 bridgehead atoms. The Hall–Kier alpha value is -5.94. The van der Waals surface area contributed by atoms with E-state index in [1.165, 1.54) is 0 Å². The monoisotopic (exact) mass is 884 g/mol. The third-order valence-electron chi connectivity index (χ3n) is 11.2. The van der Waals surface area contributed by atoms with E-state index in [1.54, 1.807) is 24.3 Å². The Morgan fingerprint density at radius 2 is 0.683 bits per heavy atom. The Morgan fingerprint density at radius 1 is 0.429 bits per heavy atom. The van der Waals surface area contributed by atoms with Crippen LogP contribution in [0.1, 0.15) is 80.6 Å². The number of rotatable bonds is 18. The fraction of sp³-hybridized carbons (Fsp3) is 0.245. The maximum atomic E-state index is 14.9. The summed E-state index contributed by atoms with van der Waals surface area (Å²) in [6.45, 7) is 27.4. The van der Waals surface area contributed by atoms with E-state index in [4.69, 9.17) is 27.1 Å². The van der Waals surface area contributed by atoms with Gasteiger partial charge in [0.15, 0.2) is 0 Å². The molecule has 0 aromatic heterocycles. The largest absolute Gasteiger partial charge is 0.647 e. The van der Waals surface area contributed by atoms with Gasteiger partial charge in [0.05, 0.1) is 0 Å². The Morgan fingerprint density at radius 3 is 0.921 bits per heavy atom. The second kappa shape index (κ2) is 19.2. The van der Waals surface area contributed by atoms with E-state index in [-0.39, 0.29) is 0 Å². The van der Waals surface area contributed by atoms with Gasteiger partial charge in [-0.1, -0.05) is 123 Å². The van der Waals surface area contributed by atoms with Crippen LogP contribution in [0.3, 0.4) is 0 Å². The first-order chi connectivity index (χ1) is 29.9. The molecule has 0 saturated heterocycles. The van der Waals surface area contributed by atoms with Crippen LogP contribution >= 0.6 is 15.6 Å². The van der Waals surface area contributed by atoms with Crippen LogP contribution in [0, 0.1) is 55.4 Å². The minimum absolute atomic E-state index is 0.342. The van der Waals surface area contributed by atoms with Gasteiger partial charge in [0.2, 0.25) is 0 Å². The average molecular weight is 885 g/mol. The summed E-state index contributed by atoms with van der Waals surface area (Å²) in [5.74, 6) is 2.42. The Kier molecular flexibility index (Phi) is 14.2. The van der Waals surface area contributed by atoms with Crippen LogP contribution in [0.5, 0.6) is 34.5 Å². The van der Waals surface area contributed by atoms with E-state index < -0.39 is 21.1 Å². The standard InChI is InChI=1S/C53H58O8P2/c1-13-19-43-33-45(29-31-47(43)56-62(54,58-49-35(3)21-15-22-36(49)4)59-50-37(5)23-16-24-38(50)6)53(11,12)46-30-32-48(44(34-46)20-14-2)57-63(55,60-51-39(7)25-17-26-40(51)8)61-52-41(9)27-18-28-42(52)10/h13-18,21-34H,1-2,19-20H2,3-12H3. The summed E-state index contributed by atoms with van der Waals surface area (Å²) < 4.78 is 67.8. The van der Waals surface area contributed by atoms with Gasteiger partial charge in [-0.05, 0) is 147 Å². The van der Waals surface area contributed by atoms with Crippen LogP contribution in [0.2, 0.25) is 0 Å². The van der Waals surface area contributed by atoms with E-state index >= 15 is 0 Å². The lowest BCUT2D eigenvalue weighted by atomic mass is 9.77. The molecule has 0 aliphatic carbocycles. The van der Waals surface area contributed by atoms with Crippen LogP contribution < -0.4 is 27.1 Å². The highest BCUT2D eigenvalue weighted by Gasteiger charge is 2.38. The molecule has 6 rings (SSSR count). The van der Waals surface area contributed by atoms with Crippen LogP contribution in [0.15, 0.2) is 135 Å². The second-order valence-corrected chi connectivity index (χ2v) is 19.5. The summed E-state index contributed by atoms with van der Waals surface area (Å²) in [4.78, 5) is 0. The summed E-state index contributed by atoms with van der Waals surface area (Å²) in [5.41, 5.74) is 9.18. The van der Waals surface area contributed by atoms with Gasteiger partial charge in [0, 0.05) is 5.41 Å². The van der Waals surface area contributed by atoms with Gasteiger partial charge in [-0.15, -0.1) is 13.2 Å². The first-order valence-corrected chi connectivity index (χ1v) is 23.9. The molecule has 0 heterocycles. The molecule has 8 nitrogen and oxygen atoms in total. The molecule has 0 atom stereocenters. The minimum Gasteiger partial charge on any atom is -0.386 e. The van der Waals surface area contributed by atoms with E-state index in [0.717, 1.165) is 66.8 Å². The molecule has 0 aliphatic rings. The minimum atomic E-state index is -4.35. The highest BCUT2D eigenvalue weighted by atomic mass is 31.2. The molecule has 0 fully saturated rings. The number of phosphoric ester groups is 2. The van der Waals surface area contributed by atoms with Crippen LogP contribution in [0.25, 0.3) is 0 Å². The number of hydrogen-bond donors (Lipinski definition) is 0. The topological polar surface area (TPSA) is 89.5 Å². The molecule has 0 radical (unpaired) electrons. The molecule has 328 valence electrons. The predicted octanol–water partition coefficient (Wildman–Crippen LogP) is 15.2. The summed E-state index contributed by atoms with van der Waals surface area (Å²) in [6, 6.07) is 34.4. The summed E-state index contributed by atoms with van der Waals surface area (Å²) in [7, 11) is -8.70. The van der Waals surface area contributed by atoms with Gasteiger partial charge in [-0.3, -0.25) is 0 Å². The summed E-state index contributed by atoms with van der Waals surface area (Å²) in [5, 5.41) is 0. The average Bonchev–Trinajstić information content (AvgIpc) is 3.22. The van der Waals surface area contributed by atoms with Crippen molar-refractivity contribution in [1.29, 1.82) is 0 Å². The molecule has 10 heteroatoms. The predicted molar refractivity (Wildman–Crippen MR) is 255 cm³/mol. The molecule has 0 aliphatic heterocycles. The number of phosphoric acid groups is 2. The lowest BCUT2D eigenvalue weighted by Gasteiger charge is -2.29. The maximum absolute atomic E-state index is 14.9. The molecule has 0 unspecified atom stereocenters. The van der Waals surface area contributed by atoms with E-state index in [2.05, 4.69) is 27.0 Å². The Labute approximate surface area is 373 Å². The zero-order valence-electron chi connectivity index (χ0n) is 38.0. The smallest absolute Gasteiger partial charge is 0.386 e. The molecule has 63 heavy (non-hydrogen) atoms. The van der Waals surface area contributed by atoms with Crippen molar-refractivity contribution in [3.05, 3.63) is 201 Å². The summed E-state index contributed by atoms with van der Waals surface area (Å²) in [6.07, 6.45) is 4.37. The quantitative estimate of drug-likeness (QED) is 0.0623. The third kappa shape index (κ3) is 10.6. The molecule has 0 saturated carbocycles. The zero-order chi connectivity index (χ0) is 45.7. The molecule has 0 amide bonds. The zero-order valence-corrected chi connectivity index (χ0v) is 39.8. The van der Waals surface area contributed by atoms with Crippen molar-refractivity contribution in [2.75, 3.05) is 0 Å². The fourth-order valence-corrected chi connectivity index (χ4v) is 10.6. The molecular weight excluding hydrogens is 827 g/mol. The normalized spacial score (nSPS) is 11.7. The lowest BCUT2D eigenvalue weighted by molar-refractivity contribution is 0.293. The van der Waals surface area contributed by atoms with Crippen molar-refractivity contribution in [2.24, 2.45) is 0 Å². The SMILES string of the molecule is C=CCc1cc(C(C)(C)c2ccc(OP(=O)(Oc3c(C)cccc3C)Oc3c(C)cccc3C)c(CC=C)c2)ccc1OP(=O)(Oc1c(C)cccc1C)Oc1c(C)cccc1C. The van der Waals surface area contributed by atoms with Gasteiger partial charge in [-0.2, -0.15) is 9.13 Å². The van der Waals surface area contributed by atoms with Crippen LogP contribution in [-0.2, 0) is 27.4 Å². The highest BCUT2D eigenvalue weighted by molar-refractivity contribution is 7.50. The lowest BCUT2D eigenvalue weighted by Crippen LogP contribution is -2.20. The first-order valence-electron chi connectivity index (χ1n) is 21.0. The maximum Gasteiger partial charge on any atom is 0.647 e. The van der Waals surface area contributed by atoms with Gasteiger partial charge < -0.3 is 27.1 Å². The van der Waals surface area contributed by atoms with Crippen molar-refractivity contribution in [3.8, 4) is 34.5 Å². The van der Waals surface area contributed by atoms with Crippen molar-refractivity contribution >= 4 is 15.6 Å². The van der Waals surface area contributed by atoms with Crippen LogP contribution in [-0.4, -0.2) is 0 Å². The molecule has 0 N–H and O–H groups in total. The summed E-state index contributed by atoms with van der Waals surface area (Å²) >= 11 is 0. The number of benzene rings is 6. The number of para-hydroxylation sites is 4. The van der Waals surface area contributed by atoms with Crippen molar-refractivity contribution in [2.45, 2.75) is 87.5 Å². The van der Waals surface area contributed by atoms with Gasteiger partial charge in [0.25, 0.3) is 0 Å². The van der Waals surface area contributed by atoms with E-state index in [0.29, 0.717) is 47.3 Å². The molecule has 6 aromatic rings. The Balaban J connectivity index is 1.37. The fourth-order valence-electron chi connectivity index (χ4n) is 7.48.